The first-order chi connectivity index (χ1) is 11.2. The molecule has 0 aliphatic rings. The van der Waals surface area contributed by atoms with Crippen molar-refractivity contribution in [3.8, 4) is 0 Å². The zero-order valence-electron chi connectivity index (χ0n) is 14.4. The van der Waals surface area contributed by atoms with Crippen LogP contribution in [-0.2, 0) is 17.8 Å². The molecule has 0 fully saturated rings. The average Bonchev–Trinajstić information content (AvgIpc) is 3.05. The fourth-order valence-electron chi connectivity index (χ4n) is 2.33. The topological polar surface area (TPSA) is 63.5 Å². The summed E-state index contributed by atoms with van der Waals surface area (Å²) in [5.41, 5.74) is 2.46. The van der Waals surface area contributed by atoms with E-state index in [1.165, 1.54) is 11.1 Å². The number of guanidine groups is 1. The minimum absolute atomic E-state index is 0. The van der Waals surface area contributed by atoms with Crippen LogP contribution in [0.25, 0.3) is 0 Å². The van der Waals surface area contributed by atoms with Crippen LogP contribution in [0.5, 0.6) is 0 Å². The molecule has 132 valence electrons. The summed E-state index contributed by atoms with van der Waals surface area (Å²) in [6, 6.07) is 8.71. The van der Waals surface area contributed by atoms with E-state index in [0.29, 0.717) is 6.61 Å². The molecule has 1 aromatic carbocycles. The van der Waals surface area contributed by atoms with Crippen molar-refractivity contribution < 1.29 is 4.74 Å². The second-order valence-electron chi connectivity index (χ2n) is 5.48. The van der Waals surface area contributed by atoms with Gasteiger partial charge < -0.3 is 19.9 Å². The normalized spacial score (nSPS) is 12.4. The zero-order valence-corrected chi connectivity index (χ0v) is 16.7. The predicted octanol–water partition coefficient (Wildman–Crippen LogP) is 2.25. The third kappa shape index (κ3) is 6.88. The molecule has 0 aliphatic carbocycles. The highest BCUT2D eigenvalue weighted by molar-refractivity contribution is 14.0. The number of imidazole rings is 1. The van der Waals surface area contributed by atoms with Gasteiger partial charge in [-0.1, -0.05) is 24.3 Å². The summed E-state index contributed by atoms with van der Waals surface area (Å²) < 4.78 is 7.18. The van der Waals surface area contributed by atoms with Crippen LogP contribution in [0, 0.1) is 0 Å². The molecule has 2 rings (SSSR count). The molecule has 0 bridgehead atoms. The molecule has 0 saturated carbocycles. The van der Waals surface area contributed by atoms with Crippen molar-refractivity contribution in [1.82, 2.24) is 20.2 Å². The molecule has 7 heteroatoms. The minimum Gasteiger partial charge on any atom is -0.383 e. The highest BCUT2D eigenvalue weighted by atomic mass is 127. The minimum atomic E-state index is 0. The molecular formula is C17H26IN5O. The lowest BCUT2D eigenvalue weighted by Crippen LogP contribution is -2.43. The van der Waals surface area contributed by atoms with Gasteiger partial charge in [-0.25, -0.2) is 4.98 Å². The molecule has 1 aromatic heterocycles. The number of aliphatic imine (C=N–C) groups is 1. The van der Waals surface area contributed by atoms with Gasteiger partial charge in [-0.05, 0) is 18.1 Å². The van der Waals surface area contributed by atoms with Crippen LogP contribution in [0.15, 0.2) is 48.0 Å². The third-order valence-electron chi connectivity index (χ3n) is 3.40. The number of nitrogens with one attached hydrogen (secondary N) is 2. The third-order valence-corrected chi connectivity index (χ3v) is 3.40. The van der Waals surface area contributed by atoms with Gasteiger partial charge in [0.05, 0.1) is 12.9 Å². The van der Waals surface area contributed by atoms with E-state index < -0.39 is 0 Å². The molecule has 0 amide bonds. The predicted molar refractivity (Wildman–Crippen MR) is 108 cm³/mol. The van der Waals surface area contributed by atoms with Crippen molar-refractivity contribution in [3.63, 3.8) is 0 Å². The molecule has 0 aliphatic heterocycles. The molecule has 6 nitrogen and oxygen atoms in total. The molecule has 24 heavy (non-hydrogen) atoms. The maximum Gasteiger partial charge on any atom is 0.191 e. The summed E-state index contributed by atoms with van der Waals surface area (Å²) in [5.74, 6) is 0.773. The maximum atomic E-state index is 5.12. The molecule has 0 radical (unpaired) electrons. The van der Waals surface area contributed by atoms with E-state index in [-0.39, 0.29) is 30.0 Å². The summed E-state index contributed by atoms with van der Waals surface area (Å²) in [4.78, 5) is 8.31. The lowest BCUT2D eigenvalue weighted by molar-refractivity contribution is 0.179. The Balaban J connectivity index is 0.00000288. The summed E-state index contributed by atoms with van der Waals surface area (Å²) >= 11 is 0. The Hall–Kier alpha value is -1.61. The standard InChI is InChI=1S/C17H25N5O.HI/c1-14(12-23-3)21-17(18-2)20-10-15-5-4-6-16(9-15)11-22-8-7-19-13-22;/h4-9,13-14H,10-12H2,1-3H3,(H2,18,20,21);1H. The molecule has 1 atom stereocenters. The van der Waals surface area contributed by atoms with Gasteiger partial charge in [-0.15, -0.1) is 24.0 Å². The van der Waals surface area contributed by atoms with Gasteiger partial charge >= 0.3 is 0 Å². The first-order valence-electron chi connectivity index (χ1n) is 7.71. The number of benzene rings is 1. The van der Waals surface area contributed by atoms with E-state index in [9.17, 15) is 0 Å². The fourth-order valence-corrected chi connectivity index (χ4v) is 2.33. The number of rotatable bonds is 7. The van der Waals surface area contributed by atoms with E-state index in [4.69, 9.17) is 4.74 Å². The summed E-state index contributed by atoms with van der Waals surface area (Å²) in [6.07, 6.45) is 5.59. The second kappa shape index (κ2) is 11.0. The second-order valence-corrected chi connectivity index (χ2v) is 5.48. The van der Waals surface area contributed by atoms with Crippen LogP contribution in [0.3, 0.4) is 0 Å². The molecule has 0 saturated heterocycles. The van der Waals surface area contributed by atoms with Gasteiger partial charge in [-0.3, -0.25) is 4.99 Å². The lowest BCUT2D eigenvalue weighted by Gasteiger charge is -2.17. The van der Waals surface area contributed by atoms with E-state index in [0.717, 1.165) is 19.0 Å². The van der Waals surface area contributed by atoms with Crippen molar-refractivity contribution >= 4 is 29.9 Å². The van der Waals surface area contributed by atoms with Crippen LogP contribution in [0.2, 0.25) is 0 Å². The van der Waals surface area contributed by atoms with E-state index in [2.05, 4.69) is 56.4 Å². The van der Waals surface area contributed by atoms with Crippen molar-refractivity contribution in [2.45, 2.75) is 26.1 Å². The molecule has 2 N–H and O–H groups in total. The summed E-state index contributed by atoms with van der Waals surface area (Å²) in [7, 11) is 3.46. The number of halogens is 1. The fraction of sp³-hybridized carbons (Fsp3) is 0.412. The Morgan fingerprint density at radius 1 is 1.38 bits per heavy atom. The quantitative estimate of drug-likeness (QED) is 0.392. The molecule has 1 heterocycles. The van der Waals surface area contributed by atoms with Crippen molar-refractivity contribution in [1.29, 1.82) is 0 Å². The van der Waals surface area contributed by atoms with Crippen LogP contribution >= 0.6 is 24.0 Å². The van der Waals surface area contributed by atoms with Crippen LogP contribution < -0.4 is 10.6 Å². The monoisotopic (exact) mass is 443 g/mol. The highest BCUT2D eigenvalue weighted by Crippen LogP contribution is 2.07. The summed E-state index contributed by atoms with van der Waals surface area (Å²) in [6.45, 7) is 4.24. The van der Waals surface area contributed by atoms with Gasteiger partial charge in [0.2, 0.25) is 0 Å². The highest BCUT2D eigenvalue weighted by Gasteiger charge is 2.05. The van der Waals surface area contributed by atoms with Gasteiger partial charge in [0.1, 0.15) is 0 Å². The Kier molecular flexibility index (Phi) is 9.39. The van der Waals surface area contributed by atoms with Crippen LogP contribution in [-0.4, -0.2) is 42.3 Å². The smallest absolute Gasteiger partial charge is 0.191 e. The van der Waals surface area contributed by atoms with Gasteiger partial charge in [0.15, 0.2) is 5.96 Å². The van der Waals surface area contributed by atoms with Crippen molar-refractivity contribution in [2.75, 3.05) is 20.8 Å². The Labute approximate surface area is 160 Å². The van der Waals surface area contributed by atoms with Gasteiger partial charge in [-0.2, -0.15) is 0 Å². The first-order valence-corrected chi connectivity index (χ1v) is 7.71. The maximum absolute atomic E-state index is 5.12. The molecule has 2 aromatic rings. The van der Waals surface area contributed by atoms with Gasteiger partial charge in [0, 0.05) is 45.7 Å². The van der Waals surface area contributed by atoms with Crippen molar-refractivity contribution in [3.05, 3.63) is 54.1 Å². The van der Waals surface area contributed by atoms with Gasteiger partial charge in [0.25, 0.3) is 0 Å². The molecule has 0 spiro atoms. The van der Waals surface area contributed by atoms with E-state index in [1.807, 2.05) is 12.5 Å². The number of methoxy groups -OCH3 is 1. The Morgan fingerprint density at radius 2 is 2.17 bits per heavy atom. The Bertz CT molecular complexity index is 615. The zero-order chi connectivity index (χ0) is 16.5. The first kappa shape index (κ1) is 20.4. The van der Waals surface area contributed by atoms with Crippen LogP contribution in [0.1, 0.15) is 18.1 Å². The number of nitrogens with zero attached hydrogens (tertiary/aromatic N) is 3. The Morgan fingerprint density at radius 3 is 2.83 bits per heavy atom. The molecule has 1 unspecified atom stereocenters. The largest absolute Gasteiger partial charge is 0.383 e. The lowest BCUT2D eigenvalue weighted by atomic mass is 10.1. The SMILES string of the molecule is CN=C(NCc1cccc(Cn2ccnc2)c1)NC(C)COC.I. The summed E-state index contributed by atoms with van der Waals surface area (Å²) in [5, 5.41) is 6.62. The number of hydrogen-bond donors (Lipinski definition) is 2. The molecular weight excluding hydrogens is 417 g/mol. The number of ether oxygens (including phenoxy) is 1. The van der Waals surface area contributed by atoms with E-state index >= 15 is 0 Å². The number of hydrogen-bond acceptors (Lipinski definition) is 3. The van der Waals surface area contributed by atoms with Crippen LogP contribution in [0.4, 0.5) is 0 Å². The number of aromatic nitrogens is 2. The van der Waals surface area contributed by atoms with E-state index in [1.54, 1.807) is 20.4 Å². The van der Waals surface area contributed by atoms with Crippen molar-refractivity contribution in [2.24, 2.45) is 4.99 Å². The average molecular weight is 443 g/mol.